The zero-order valence-electron chi connectivity index (χ0n) is 8.54. The summed E-state index contributed by atoms with van der Waals surface area (Å²) in [6.45, 7) is 1.94. The van der Waals surface area contributed by atoms with Crippen molar-refractivity contribution in [2.45, 2.75) is 6.92 Å². The summed E-state index contributed by atoms with van der Waals surface area (Å²) in [6, 6.07) is 3.86. The minimum Gasteiger partial charge on any atom is -0.355 e. The largest absolute Gasteiger partial charge is 0.355 e. The average Bonchev–Trinajstić information content (AvgIpc) is 2.52. The van der Waals surface area contributed by atoms with Gasteiger partial charge < -0.3 is 9.72 Å². The third-order valence-electron chi connectivity index (χ3n) is 2.38. The first-order valence-electron chi connectivity index (χ1n) is 4.62. The maximum absolute atomic E-state index is 11.7. The molecule has 2 aromatic rings. The first kappa shape index (κ1) is 10.2. The topological polar surface area (TPSA) is 33.5 Å². The van der Waals surface area contributed by atoms with Crippen LogP contribution in [0, 0.1) is 6.92 Å². The molecule has 15 heavy (non-hydrogen) atoms. The zero-order chi connectivity index (χ0) is 11.0. The third-order valence-corrected chi connectivity index (χ3v) is 2.85. The molecule has 3 nitrogen and oxygen atoms in total. The number of pyridine rings is 1. The van der Waals surface area contributed by atoms with Crippen molar-refractivity contribution in [2.24, 2.45) is 0 Å². The number of aryl methyl sites for hydroxylation is 1. The van der Waals surface area contributed by atoms with Crippen molar-refractivity contribution in [2.75, 3.05) is 7.05 Å². The van der Waals surface area contributed by atoms with Gasteiger partial charge >= 0.3 is 0 Å². The van der Waals surface area contributed by atoms with Crippen LogP contribution in [0.25, 0.3) is 5.52 Å². The van der Waals surface area contributed by atoms with Crippen LogP contribution in [0.1, 0.15) is 15.9 Å². The van der Waals surface area contributed by atoms with Gasteiger partial charge in [-0.15, -0.1) is 0 Å². The van der Waals surface area contributed by atoms with Gasteiger partial charge in [0, 0.05) is 23.9 Å². The highest BCUT2D eigenvalue weighted by Crippen LogP contribution is 2.20. The smallest absolute Gasteiger partial charge is 0.253 e. The van der Waals surface area contributed by atoms with Gasteiger partial charge in [-0.2, -0.15) is 0 Å². The SMILES string of the molecule is CNC(=O)c1c(C)cn2cc(Br)ccc12. The van der Waals surface area contributed by atoms with Gasteiger partial charge in [0.25, 0.3) is 5.91 Å². The Morgan fingerprint density at radius 1 is 1.40 bits per heavy atom. The first-order valence-corrected chi connectivity index (χ1v) is 5.41. The van der Waals surface area contributed by atoms with Crippen LogP contribution in [0.15, 0.2) is 29.0 Å². The number of aromatic nitrogens is 1. The molecule has 0 saturated carbocycles. The van der Waals surface area contributed by atoms with Crippen LogP contribution in [-0.2, 0) is 0 Å². The average molecular weight is 267 g/mol. The summed E-state index contributed by atoms with van der Waals surface area (Å²) in [5.41, 5.74) is 2.65. The predicted octanol–water partition coefficient (Wildman–Crippen LogP) is 2.37. The van der Waals surface area contributed by atoms with Gasteiger partial charge in [0.15, 0.2) is 0 Å². The van der Waals surface area contributed by atoms with E-state index >= 15 is 0 Å². The van der Waals surface area contributed by atoms with E-state index in [2.05, 4.69) is 21.2 Å². The lowest BCUT2D eigenvalue weighted by atomic mass is 10.1. The second kappa shape index (κ2) is 3.70. The fourth-order valence-electron chi connectivity index (χ4n) is 1.70. The van der Waals surface area contributed by atoms with Gasteiger partial charge in [-0.05, 0) is 40.5 Å². The molecule has 1 N–H and O–H groups in total. The molecule has 0 aliphatic heterocycles. The van der Waals surface area contributed by atoms with Gasteiger partial charge in [0.05, 0.1) is 11.1 Å². The summed E-state index contributed by atoms with van der Waals surface area (Å²) >= 11 is 3.40. The van der Waals surface area contributed by atoms with Gasteiger partial charge in [-0.25, -0.2) is 0 Å². The number of carbonyl (C=O) groups is 1. The maximum atomic E-state index is 11.7. The highest BCUT2D eigenvalue weighted by molar-refractivity contribution is 9.10. The number of nitrogens with zero attached hydrogens (tertiary/aromatic N) is 1. The van der Waals surface area contributed by atoms with Crippen molar-refractivity contribution in [1.82, 2.24) is 9.72 Å². The minimum atomic E-state index is -0.0441. The van der Waals surface area contributed by atoms with E-state index in [1.807, 2.05) is 35.9 Å². The van der Waals surface area contributed by atoms with Crippen molar-refractivity contribution in [3.05, 3.63) is 40.1 Å². The molecule has 0 bridgehead atoms. The lowest BCUT2D eigenvalue weighted by Crippen LogP contribution is -2.18. The number of amides is 1. The first-order chi connectivity index (χ1) is 7.13. The molecule has 78 valence electrons. The van der Waals surface area contributed by atoms with Crippen LogP contribution in [0.3, 0.4) is 0 Å². The maximum Gasteiger partial charge on any atom is 0.253 e. The van der Waals surface area contributed by atoms with Gasteiger partial charge in [0.2, 0.25) is 0 Å². The van der Waals surface area contributed by atoms with Crippen molar-refractivity contribution in [3.8, 4) is 0 Å². The number of carbonyl (C=O) groups excluding carboxylic acids is 1. The minimum absolute atomic E-state index is 0.0441. The summed E-state index contributed by atoms with van der Waals surface area (Å²) in [5, 5.41) is 2.65. The Balaban J connectivity index is 2.73. The summed E-state index contributed by atoms with van der Waals surface area (Å²) in [6.07, 6.45) is 3.89. The number of nitrogens with one attached hydrogen (secondary N) is 1. The Labute approximate surface area is 96.2 Å². The lowest BCUT2D eigenvalue weighted by molar-refractivity contribution is 0.0964. The van der Waals surface area contributed by atoms with Crippen molar-refractivity contribution >= 4 is 27.4 Å². The molecule has 0 aliphatic rings. The molecule has 4 heteroatoms. The molecule has 1 amide bonds. The lowest BCUT2D eigenvalue weighted by Gasteiger charge is -2.00. The highest BCUT2D eigenvalue weighted by Gasteiger charge is 2.13. The fraction of sp³-hybridized carbons (Fsp3) is 0.182. The fourth-order valence-corrected chi connectivity index (χ4v) is 2.06. The molecule has 0 fully saturated rings. The number of hydrogen-bond acceptors (Lipinski definition) is 1. The van der Waals surface area contributed by atoms with Crippen LogP contribution < -0.4 is 5.32 Å². The number of halogens is 1. The molecule has 0 radical (unpaired) electrons. The Morgan fingerprint density at radius 3 is 2.80 bits per heavy atom. The van der Waals surface area contributed by atoms with Crippen molar-refractivity contribution < 1.29 is 4.79 Å². The normalized spacial score (nSPS) is 10.6. The molecular formula is C11H11BrN2O. The van der Waals surface area contributed by atoms with E-state index < -0.39 is 0 Å². The van der Waals surface area contributed by atoms with Crippen molar-refractivity contribution in [3.63, 3.8) is 0 Å². The standard InChI is InChI=1S/C11H11BrN2O/c1-7-5-14-6-8(12)3-4-9(14)10(7)11(15)13-2/h3-6H,1-2H3,(H,13,15). The Morgan fingerprint density at radius 2 is 2.13 bits per heavy atom. The predicted molar refractivity (Wildman–Crippen MR) is 63.2 cm³/mol. The Kier molecular flexibility index (Phi) is 2.52. The third kappa shape index (κ3) is 1.65. The molecule has 0 aliphatic carbocycles. The van der Waals surface area contributed by atoms with E-state index in [1.165, 1.54) is 0 Å². The van der Waals surface area contributed by atoms with E-state index in [0.717, 1.165) is 21.1 Å². The van der Waals surface area contributed by atoms with Gasteiger partial charge in [-0.3, -0.25) is 4.79 Å². The molecular weight excluding hydrogens is 256 g/mol. The summed E-state index contributed by atoms with van der Waals surface area (Å²) in [4.78, 5) is 11.7. The van der Waals surface area contributed by atoms with E-state index in [9.17, 15) is 4.79 Å². The van der Waals surface area contributed by atoms with Crippen LogP contribution in [0.4, 0.5) is 0 Å². The second-order valence-electron chi connectivity index (χ2n) is 3.41. The Bertz CT molecular complexity index is 531. The molecule has 2 rings (SSSR count). The highest BCUT2D eigenvalue weighted by atomic mass is 79.9. The molecule has 2 heterocycles. The number of fused-ring (bicyclic) bond motifs is 1. The van der Waals surface area contributed by atoms with E-state index in [-0.39, 0.29) is 5.91 Å². The van der Waals surface area contributed by atoms with Crippen molar-refractivity contribution in [1.29, 1.82) is 0 Å². The summed E-state index contributed by atoms with van der Waals surface area (Å²) < 4.78 is 2.94. The van der Waals surface area contributed by atoms with E-state index in [4.69, 9.17) is 0 Å². The van der Waals surface area contributed by atoms with E-state index in [0.29, 0.717) is 0 Å². The number of hydrogen-bond donors (Lipinski definition) is 1. The quantitative estimate of drug-likeness (QED) is 0.845. The number of rotatable bonds is 1. The molecule has 0 spiro atoms. The van der Waals surface area contributed by atoms with Gasteiger partial charge in [-0.1, -0.05) is 0 Å². The van der Waals surface area contributed by atoms with Crippen LogP contribution in [0.2, 0.25) is 0 Å². The monoisotopic (exact) mass is 266 g/mol. The molecule has 0 atom stereocenters. The summed E-state index contributed by atoms with van der Waals surface area (Å²) in [5.74, 6) is -0.0441. The zero-order valence-corrected chi connectivity index (χ0v) is 10.1. The molecule has 0 unspecified atom stereocenters. The van der Waals surface area contributed by atoms with Crippen LogP contribution in [-0.4, -0.2) is 17.4 Å². The second-order valence-corrected chi connectivity index (χ2v) is 4.32. The van der Waals surface area contributed by atoms with Crippen LogP contribution in [0.5, 0.6) is 0 Å². The summed E-state index contributed by atoms with van der Waals surface area (Å²) in [7, 11) is 1.64. The molecule has 0 aromatic carbocycles. The van der Waals surface area contributed by atoms with E-state index in [1.54, 1.807) is 7.05 Å². The molecule has 0 saturated heterocycles. The van der Waals surface area contributed by atoms with Crippen LogP contribution >= 0.6 is 15.9 Å². The van der Waals surface area contributed by atoms with Gasteiger partial charge in [0.1, 0.15) is 0 Å². The molecule has 2 aromatic heterocycles. The Hall–Kier alpha value is -1.29.